The van der Waals surface area contributed by atoms with E-state index in [0.717, 1.165) is 13.8 Å². The van der Waals surface area contributed by atoms with Crippen LogP contribution in [-0.4, -0.2) is 54.8 Å². The molecule has 36 heavy (non-hydrogen) atoms. The van der Waals surface area contributed by atoms with E-state index in [1.165, 1.54) is 26.0 Å². The smallest absolute Gasteiger partial charge is 0.179 e. The van der Waals surface area contributed by atoms with Crippen molar-refractivity contribution >= 4 is 23.1 Å². The van der Waals surface area contributed by atoms with E-state index in [-0.39, 0.29) is 24.0 Å². The molecular weight excluding hydrogens is 464 g/mol. The lowest BCUT2D eigenvalue weighted by Crippen LogP contribution is -2.82. The number of carbonyl (C=O) groups excluding carboxylic acids is 4. The molecule has 0 heterocycles. The molecule has 4 N–H and O–H groups in total. The van der Waals surface area contributed by atoms with Gasteiger partial charge in [0.2, 0.25) is 0 Å². The summed E-state index contributed by atoms with van der Waals surface area (Å²) in [6.45, 7) is 8.19. The average Bonchev–Trinajstić information content (AvgIpc) is 2.81. The van der Waals surface area contributed by atoms with E-state index in [1.807, 2.05) is 0 Å². The first-order chi connectivity index (χ1) is 16.6. The van der Waals surface area contributed by atoms with Gasteiger partial charge < -0.3 is 20.4 Å². The lowest BCUT2D eigenvalue weighted by atomic mass is 9.32. The molecule has 8 heteroatoms. The van der Waals surface area contributed by atoms with Crippen LogP contribution < -0.4 is 0 Å². The highest BCUT2D eigenvalue weighted by atomic mass is 16.3. The summed E-state index contributed by atoms with van der Waals surface area (Å²) in [5.74, 6) is -8.20. The van der Waals surface area contributed by atoms with E-state index in [1.54, 1.807) is 38.2 Å². The van der Waals surface area contributed by atoms with Gasteiger partial charge in [-0.2, -0.15) is 0 Å². The molecule has 0 radical (unpaired) electrons. The van der Waals surface area contributed by atoms with Crippen molar-refractivity contribution in [2.75, 3.05) is 0 Å². The van der Waals surface area contributed by atoms with E-state index in [0.29, 0.717) is 0 Å². The Morgan fingerprint density at radius 1 is 0.972 bits per heavy atom. The zero-order valence-corrected chi connectivity index (χ0v) is 21.5. The number of rotatable bonds is 6. The molecule has 4 rings (SSSR count). The van der Waals surface area contributed by atoms with Gasteiger partial charge in [0.1, 0.15) is 39.3 Å². The second kappa shape index (κ2) is 8.78. The summed E-state index contributed by atoms with van der Waals surface area (Å²) in [6.07, 6.45) is 9.31. The maximum Gasteiger partial charge on any atom is 0.179 e. The summed E-state index contributed by atoms with van der Waals surface area (Å²) in [6, 6.07) is 0. The predicted octanol–water partition coefficient (Wildman–Crippen LogP) is 3.16. The van der Waals surface area contributed by atoms with Crippen LogP contribution in [0.25, 0.3) is 0 Å². The summed E-state index contributed by atoms with van der Waals surface area (Å²) in [5.41, 5.74) is -10.1. The number of fused-ring (bicyclic) bond motifs is 2. The predicted molar refractivity (Wildman–Crippen MR) is 132 cm³/mol. The zero-order valence-electron chi connectivity index (χ0n) is 21.5. The normalized spacial score (nSPS) is 40.2. The Bertz CT molecular complexity index is 1190. The Labute approximate surface area is 210 Å². The van der Waals surface area contributed by atoms with Crippen LogP contribution in [0.5, 0.6) is 0 Å². The molecule has 3 saturated carbocycles. The van der Waals surface area contributed by atoms with Crippen LogP contribution in [0, 0.1) is 22.7 Å². The number of hydrogen-bond acceptors (Lipinski definition) is 8. The first kappa shape index (κ1) is 27.5. The summed E-state index contributed by atoms with van der Waals surface area (Å²) in [5, 5.41) is 45.0. The van der Waals surface area contributed by atoms with E-state index < -0.39 is 68.5 Å². The lowest BCUT2D eigenvalue weighted by molar-refractivity contribution is -0.223. The minimum Gasteiger partial charge on any atom is -0.509 e. The standard InChI is InChI=1S/C28H34O8/c1-7-9-11-13-16(29)18-19-20-27(6,36)21(31)15(3)22(32)28(20,17(30)14-12-10-8-2)25(4,23(18)33)24(34)26(19,5)35/h7-11,13,19-20,29,31,35-36H,12,14H2,1-6H3/b9-7+,10-8+,13-11+,18-16-/t19-,20+,25-,26-,27-,28+/m0/s1. The molecule has 0 aromatic heterocycles. The van der Waals surface area contributed by atoms with Crippen LogP contribution in [-0.2, 0) is 19.2 Å². The number of hydrogen-bond donors (Lipinski definition) is 4. The topological polar surface area (TPSA) is 149 Å². The molecule has 2 bridgehead atoms. The highest BCUT2D eigenvalue weighted by Gasteiger charge is 2.85. The van der Waals surface area contributed by atoms with Gasteiger partial charge in [-0.3, -0.25) is 19.2 Å². The van der Waals surface area contributed by atoms with Crippen molar-refractivity contribution in [3.8, 4) is 0 Å². The number of ketones is 4. The molecular formula is C28H34O8. The van der Waals surface area contributed by atoms with Crippen LogP contribution in [0.15, 0.2) is 59.1 Å². The van der Waals surface area contributed by atoms with Crippen LogP contribution in [0.1, 0.15) is 54.4 Å². The number of aliphatic hydroxyl groups is 4. The number of aliphatic hydroxyl groups excluding tert-OH is 2. The average molecular weight is 499 g/mol. The third kappa shape index (κ3) is 3.13. The van der Waals surface area contributed by atoms with Crippen LogP contribution >= 0.6 is 0 Å². The quantitative estimate of drug-likeness (QED) is 0.143. The first-order valence-corrected chi connectivity index (χ1v) is 12.0. The minimum atomic E-state index is -2.44. The largest absolute Gasteiger partial charge is 0.509 e. The SMILES string of the molecule is C/C=C/C=C/C(O)=C1/C(=O)[C@@]2(C)C(=O)[C@@](C)(O)[C@@H]1[C@H]1[C@]2(C(=O)CC/C=C/C)C(=O)C(C)=C(O)[C@@]1(C)O. The Hall–Kier alpha value is -3.10. The molecule has 194 valence electrons. The van der Waals surface area contributed by atoms with Gasteiger partial charge in [0.05, 0.1) is 0 Å². The fourth-order valence-electron chi connectivity index (χ4n) is 6.68. The summed E-state index contributed by atoms with van der Waals surface area (Å²) in [7, 11) is 0. The van der Waals surface area contributed by atoms with Gasteiger partial charge in [-0.15, -0.1) is 0 Å². The number of allylic oxidation sites excluding steroid dienone is 7. The third-order valence-electron chi connectivity index (χ3n) is 8.30. The van der Waals surface area contributed by atoms with Crippen molar-refractivity contribution in [1.82, 2.24) is 0 Å². The molecule has 4 aliphatic rings. The van der Waals surface area contributed by atoms with E-state index in [4.69, 9.17) is 0 Å². The van der Waals surface area contributed by atoms with Crippen molar-refractivity contribution in [3.05, 3.63) is 59.1 Å². The van der Waals surface area contributed by atoms with Gasteiger partial charge in [0.25, 0.3) is 0 Å². The third-order valence-corrected chi connectivity index (χ3v) is 8.30. The summed E-state index contributed by atoms with van der Waals surface area (Å²) < 4.78 is 0. The van der Waals surface area contributed by atoms with Crippen LogP contribution in [0.3, 0.4) is 0 Å². The van der Waals surface area contributed by atoms with Crippen LogP contribution in [0.4, 0.5) is 0 Å². The summed E-state index contributed by atoms with van der Waals surface area (Å²) in [4.78, 5) is 55.9. The minimum absolute atomic E-state index is 0.214. The lowest BCUT2D eigenvalue weighted by Gasteiger charge is -2.67. The van der Waals surface area contributed by atoms with Crippen molar-refractivity contribution in [1.29, 1.82) is 0 Å². The Balaban J connectivity index is 2.51. The van der Waals surface area contributed by atoms with Gasteiger partial charge in [-0.25, -0.2) is 0 Å². The maximum absolute atomic E-state index is 14.0. The molecule has 0 aromatic carbocycles. The molecule has 4 aliphatic carbocycles. The number of carbonyl (C=O) groups is 4. The fourth-order valence-corrected chi connectivity index (χ4v) is 6.68. The van der Waals surface area contributed by atoms with Gasteiger partial charge >= 0.3 is 0 Å². The van der Waals surface area contributed by atoms with E-state index in [2.05, 4.69) is 0 Å². The Morgan fingerprint density at radius 2 is 1.58 bits per heavy atom. The molecule has 3 fully saturated rings. The van der Waals surface area contributed by atoms with Gasteiger partial charge in [-0.05, 0) is 54.0 Å². The molecule has 8 nitrogen and oxygen atoms in total. The van der Waals surface area contributed by atoms with E-state index in [9.17, 15) is 39.6 Å². The van der Waals surface area contributed by atoms with Crippen LogP contribution in [0.2, 0.25) is 0 Å². The zero-order chi connectivity index (χ0) is 27.4. The van der Waals surface area contributed by atoms with Crippen molar-refractivity contribution in [2.45, 2.75) is 65.6 Å². The van der Waals surface area contributed by atoms with Crippen molar-refractivity contribution in [2.24, 2.45) is 22.7 Å². The Kier molecular flexibility index (Phi) is 6.70. The highest BCUT2D eigenvalue weighted by Crippen LogP contribution is 2.70. The monoisotopic (exact) mass is 498 g/mol. The summed E-state index contributed by atoms with van der Waals surface area (Å²) >= 11 is 0. The molecule has 0 saturated heterocycles. The number of Topliss-reactive ketones (excluding diaryl/α,β-unsaturated/α-hetero) is 4. The van der Waals surface area contributed by atoms with Gasteiger partial charge in [0.15, 0.2) is 17.3 Å². The Morgan fingerprint density at radius 3 is 2.14 bits per heavy atom. The van der Waals surface area contributed by atoms with Gasteiger partial charge in [0, 0.05) is 29.4 Å². The fraction of sp³-hybridized carbons (Fsp3) is 0.500. The first-order valence-electron chi connectivity index (χ1n) is 12.0. The molecule has 0 amide bonds. The second-order valence-corrected chi connectivity index (χ2v) is 10.4. The second-order valence-electron chi connectivity index (χ2n) is 10.4. The molecule has 6 atom stereocenters. The molecule has 0 aromatic rings. The molecule has 0 spiro atoms. The highest BCUT2D eigenvalue weighted by molar-refractivity contribution is 6.32. The van der Waals surface area contributed by atoms with E-state index >= 15 is 0 Å². The molecule has 0 unspecified atom stereocenters. The maximum atomic E-state index is 14.0. The van der Waals surface area contributed by atoms with Crippen molar-refractivity contribution in [3.63, 3.8) is 0 Å². The molecule has 0 aliphatic heterocycles. The van der Waals surface area contributed by atoms with Crippen molar-refractivity contribution < 1.29 is 39.6 Å². The van der Waals surface area contributed by atoms with Gasteiger partial charge in [-0.1, -0.05) is 30.4 Å².